The van der Waals surface area contributed by atoms with E-state index in [2.05, 4.69) is 10.6 Å². The molecule has 2 N–H and O–H groups in total. The maximum atomic E-state index is 11.7. The summed E-state index contributed by atoms with van der Waals surface area (Å²) in [5, 5.41) is 15.9. The number of nitrogens with zero attached hydrogens (tertiary/aromatic N) is 1. The van der Waals surface area contributed by atoms with Crippen LogP contribution in [0.4, 0.5) is 11.4 Å². The molecule has 1 amide bonds. The summed E-state index contributed by atoms with van der Waals surface area (Å²) in [4.78, 5) is 22.1. The number of para-hydroxylation sites is 2. The predicted molar refractivity (Wildman–Crippen MR) is 89.9 cm³/mol. The molecular weight excluding hydrogens is 318 g/mol. The molecule has 0 saturated heterocycles. The number of benzene rings is 1. The third-order valence-electron chi connectivity index (χ3n) is 2.75. The van der Waals surface area contributed by atoms with Gasteiger partial charge in [-0.25, -0.2) is 0 Å². The van der Waals surface area contributed by atoms with Crippen molar-refractivity contribution in [1.82, 2.24) is 5.32 Å². The Morgan fingerprint density at radius 3 is 2.70 bits per heavy atom. The zero-order valence-corrected chi connectivity index (χ0v) is 12.9. The number of hydrogen-bond donors (Lipinski definition) is 2. The minimum absolute atomic E-state index is 0.0374. The van der Waals surface area contributed by atoms with Gasteiger partial charge in [-0.15, -0.1) is 0 Å². The Bertz CT molecular complexity index is 783. The number of anilines is 1. The van der Waals surface area contributed by atoms with Gasteiger partial charge in [0.25, 0.3) is 5.69 Å². The van der Waals surface area contributed by atoms with E-state index in [1.165, 1.54) is 24.3 Å². The summed E-state index contributed by atoms with van der Waals surface area (Å²) in [5.41, 5.74) is 0.0686. The third kappa shape index (κ3) is 4.75. The lowest BCUT2D eigenvalue weighted by Crippen LogP contribution is -2.33. The summed E-state index contributed by atoms with van der Waals surface area (Å²) in [6.07, 6.45) is 2.75. The van der Waals surface area contributed by atoms with E-state index < -0.39 is 10.8 Å². The Balaban J connectivity index is 1.96. The molecule has 0 aliphatic heterocycles. The van der Waals surface area contributed by atoms with Crippen LogP contribution in [0.5, 0.6) is 0 Å². The van der Waals surface area contributed by atoms with Gasteiger partial charge in [-0.05, 0) is 43.4 Å². The first kappa shape index (κ1) is 16.4. The van der Waals surface area contributed by atoms with E-state index >= 15 is 0 Å². The van der Waals surface area contributed by atoms with Gasteiger partial charge in [0.2, 0.25) is 5.91 Å². The zero-order chi connectivity index (χ0) is 16.8. The van der Waals surface area contributed by atoms with Crippen molar-refractivity contribution in [3.8, 4) is 0 Å². The number of carbonyl (C=O) groups excluding carboxylic acids is 1. The molecule has 0 aliphatic carbocycles. The molecule has 0 radical (unpaired) electrons. The van der Waals surface area contributed by atoms with Crippen LogP contribution in [0.2, 0.25) is 0 Å². The fourth-order valence-corrected chi connectivity index (χ4v) is 1.96. The van der Waals surface area contributed by atoms with Crippen LogP contribution < -0.4 is 10.6 Å². The molecule has 0 bridgehead atoms. The molecule has 0 spiro atoms. The van der Waals surface area contributed by atoms with Crippen LogP contribution in [-0.2, 0) is 4.79 Å². The van der Waals surface area contributed by atoms with Gasteiger partial charge < -0.3 is 9.73 Å². The van der Waals surface area contributed by atoms with Crippen LogP contribution in [0.1, 0.15) is 11.5 Å². The molecule has 118 valence electrons. The van der Waals surface area contributed by atoms with Crippen molar-refractivity contribution < 1.29 is 14.1 Å². The molecule has 0 saturated carbocycles. The number of nitro benzene ring substituents is 1. The Labute approximate surface area is 137 Å². The Kier molecular flexibility index (Phi) is 5.21. The molecule has 0 unspecified atom stereocenters. The summed E-state index contributed by atoms with van der Waals surface area (Å²) >= 11 is 4.97. The van der Waals surface area contributed by atoms with E-state index in [9.17, 15) is 14.9 Å². The van der Waals surface area contributed by atoms with E-state index in [0.717, 1.165) is 5.76 Å². The average molecular weight is 331 g/mol. The van der Waals surface area contributed by atoms with Crippen LogP contribution in [0.15, 0.2) is 46.9 Å². The second-order valence-electron chi connectivity index (χ2n) is 4.50. The van der Waals surface area contributed by atoms with Gasteiger partial charge in [-0.1, -0.05) is 12.1 Å². The Hall–Kier alpha value is -3.00. The fraction of sp³-hybridized carbons (Fsp3) is 0.0667. The Morgan fingerprint density at radius 1 is 1.30 bits per heavy atom. The highest BCUT2D eigenvalue weighted by molar-refractivity contribution is 7.80. The fourth-order valence-electron chi connectivity index (χ4n) is 1.75. The minimum atomic E-state index is -0.536. The summed E-state index contributed by atoms with van der Waals surface area (Å²) in [7, 11) is 0. The zero-order valence-electron chi connectivity index (χ0n) is 12.1. The van der Waals surface area contributed by atoms with Gasteiger partial charge in [0, 0.05) is 12.1 Å². The van der Waals surface area contributed by atoms with Crippen molar-refractivity contribution >= 4 is 40.7 Å². The normalized spacial score (nSPS) is 10.5. The van der Waals surface area contributed by atoms with Crippen LogP contribution >= 0.6 is 12.2 Å². The van der Waals surface area contributed by atoms with Gasteiger partial charge in [0.15, 0.2) is 5.11 Å². The maximum absolute atomic E-state index is 11.7. The molecule has 1 aromatic carbocycles. The first-order chi connectivity index (χ1) is 11.0. The summed E-state index contributed by atoms with van der Waals surface area (Å²) in [6, 6.07) is 9.50. The van der Waals surface area contributed by atoms with Crippen LogP contribution in [0, 0.1) is 17.0 Å². The summed E-state index contributed by atoms with van der Waals surface area (Å²) in [6.45, 7) is 1.79. The largest absolute Gasteiger partial charge is 0.462 e. The molecule has 1 aromatic heterocycles. The van der Waals surface area contributed by atoms with Crippen molar-refractivity contribution in [2.24, 2.45) is 0 Å². The molecular formula is C15H13N3O4S. The number of hydrogen-bond acceptors (Lipinski definition) is 5. The minimum Gasteiger partial charge on any atom is -0.462 e. The smallest absolute Gasteiger partial charge is 0.292 e. The molecule has 0 fully saturated rings. The van der Waals surface area contributed by atoms with Crippen LogP contribution in [-0.4, -0.2) is 15.9 Å². The quantitative estimate of drug-likeness (QED) is 0.387. The molecule has 23 heavy (non-hydrogen) atoms. The molecule has 0 aliphatic rings. The van der Waals surface area contributed by atoms with E-state index in [0.29, 0.717) is 5.76 Å². The molecule has 0 atom stereocenters. The van der Waals surface area contributed by atoms with Crippen molar-refractivity contribution in [2.45, 2.75) is 6.92 Å². The Morgan fingerprint density at radius 2 is 2.04 bits per heavy atom. The lowest BCUT2D eigenvalue weighted by Gasteiger charge is -2.08. The predicted octanol–water partition coefficient (Wildman–Crippen LogP) is 3.02. The highest BCUT2D eigenvalue weighted by atomic mass is 32.1. The standard InChI is InChI=1S/C15H13N3O4S/c1-10-6-7-11(22-10)8-9-14(19)17-15(23)16-12-4-2-3-5-13(12)18(20)21/h2-9H,1H3,(H2,16,17,19,23)/b9-8+. The van der Waals surface area contributed by atoms with Gasteiger partial charge in [-0.3, -0.25) is 20.2 Å². The van der Waals surface area contributed by atoms with Crippen molar-refractivity contribution in [1.29, 1.82) is 0 Å². The number of nitrogens with one attached hydrogen (secondary N) is 2. The summed E-state index contributed by atoms with van der Waals surface area (Å²) < 4.78 is 5.29. The molecule has 8 heteroatoms. The number of amides is 1. The molecule has 2 rings (SSSR count). The average Bonchev–Trinajstić information content (AvgIpc) is 2.91. The number of aryl methyl sites for hydroxylation is 1. The van der Waals surface area contributed by atoms with Crippen LogP contribution in [0.3, 0.4) is 0 Å². The number of furan rings is 1. The lowest BCUT2D eigenvalue weighted by atomic mass is 10.3. The topological polar surface area (TPSA) is 97.4 Å². The monoisotopic (exact) mass is 331 g/mol. The number of rotatable bonds is 4. The lowest BCUT2D eigenvalue weighted by molar-refractivity contribution is -0.383. The van der Waals surface area contributed by atoms with Gasteiger partial charge in [-0.2, -0.15) is 0 Å². The highest BCUT2D eigenvalue weighted by Gasteiger charge is 2.13. The first-order valence-corrected chi connectivity index (χ1v) is 6.96. The second-order valence-corrected chi connectivity index (χ2v) is 4.91. The van der Waals surface area contributed by atoms with Gasteiger partial charge in [0.1, 0.15) is 17.2 Å². The van der Waals surface area contributed by atoms with Crippen LogP contribution in [0.25, 0.3) is 6.08 Å². The molecule has 1 heterocycles. The van der Waals surface area contributed by atoms with E-state index in [1.54, 1.807) is 31.2 Å². The molecule has 7 nitrogen and oxygen atoms in total. The van der Waals surface area contributed by atoms with Crippen molar-refractivity contribution in [3.63, 3.8) is 0 Å². The van der Waals surface area contributed by atoms with E-state index in [-0.39, 0.29) is 16.5 Å². The number of thiocarbonyl (C=S) groups is 1. The van der Waals surface area contributed by atoms with Gasteiger partial charge >= 0.3 is 0 Å². The van der Waals surface area contributed by atoms with Crippen molar-refractivity contribution in [2.75, 3.05) is 5.32 Å². The first-order valence-electron chi connectivity index (χ1n) is 6.55. The molecule has 2 aromatic rings. The number of carbonyl (C=O) groups is 1. The summed E-state index contributed by atoms with van der Waals surface area (Å²) in [5.74, 6) is 0.795. The number of nitro groups is 1. The highest BCUT2D eigenvalue weighted by Crippen LogP contribution is 2.22. The second kappa shape index (κ2) is 7.32. The third-order valence-corrected chi connectivity index (χ3v) is 2.95. The van der Waals surface area contributed by atoms with Crippen molar-refractivity contribution in [3.05, 3.63) is 64.1 Å². The maximum Gasteiger partial charge on any atom is 0.292 e. The van der Waals surface area contributed by atoms with E-state index in [1.807, 2.05) is 0 Å². The SMILES string of the molecule is Cc1ccc(/C=C/C(=O)NC(=S)Nc2ccccc2[N+](=O)[O-])o1. The van der Waals surface area contributed by atoms with Gasteiger partial charge in [0.05, 0.1) is 4.92 Å². The van der Waals surface area contributed by atoms with E-state index in [4.69, 9.17) is 16.6 Å².